The Labute approximate surface area is 175 Å². The number of aliphatic hydroxyl groups is 2. The molecule has 4 aliphatic carbocycles. The Hall–Kier alpha value is -1.50. The zero-order valence-electron chi connectivity index (χ0n) is 17.4. The van der Waals surface area contributed by atoms with Crippen molar-refractivity contribution < 1.29 is 24.2 Å². The largest absolute Gasteiger partial charge is 0.431 e. The molecule has 0 aromatic carbocycles. The normalized spacial score (nSPS) is 53.8. The van der Waals surface area contributed by atoms with E-state index >= 15 is 0 Å². The molecule has 0 amide bonds. The molecule has 1 aromatic heterocycles. The predicted molar refractivity (Wildman–Crippen MR) is 107 cm³/mol. The number of rotatable bonds is 2. The molecule has 0 bridgehead atoms. The zero-order chi connectivity index (χ0) is 20.9. The second-order valence-electron chi connectivity index (χ2n) is 10.9. The zero-order valence-corrected chi connectivity index (χ0v) is 17.4. The van der Waals surface area contributed by atoms with Crippen LogP contribution in [-0.2, 0) is 9.53 Å². The number of epoxide rings is 1. The molecule has 1 aliphatic heterocycles. The number of ether oxygens (including phenoxy) is 1. The van der Waals surface area contributed by atoms with Crippen LogP contribution in [0.1, 0.15) is 69.8 Å². The quantitative estimate of drug-likeness (QED) is 0.570. The fraction of sp³-hybridized carbons (Fsp3) is 0.750. The van der Waals surface area contributed by atoms with Gasteiger partial charge in [0.05, 0.1) is 29.5 Å². The van der Waals surface area contributed by atoms with E-state index in [4.69, 9.17) is 9.15 Å². The van der Waals surface area contributed by atoms with Crippen molar-refractivity contribution >= 4 is 6.29 Å². The van der Waals surface area contributed by atoms with Crippen LogP contribution in [0.2, 0.25) is 0 Å². The van der Waals surface area contributed by atoms with Crippen molar-refractivity contribution in [2.45, 2.75) is 87.6 Å². The highest BCUT2D eigenvalue weighted by atomic mass is 16.6. The van der Waals surface area contributed by atoms with Crippen LogP contribution in [0.5, 0.6) is 0 Å². The van der Waals surface area contributed by atoms with Crippen LogP contribution in [-0.4, -0.2) is 39.9 Å². The average Bonchev–Trinajstić information content (AvgIpc) is 3.38. The number of fused-ring (bicyclic) bond motifs is 3. The molecule has 162 valence electrons. The summed E-state index contributed by atoms with van der Waals surface area (Å²) >= 11 is 0. The summed E-state index contributed by atoms with van der Waals surface area (Å²) in [6.45, 7) is 2.31. The van der Waals surface area contributed by atoms with Gasteiger partial charge in [0.1, 0.15) is 11.9 Å². The Morgan fingerprint density at radius 1 is 1.13 bits per heavy atom. The van der Waals surface area contributed by atoms with Gasteiger partial charge in [-0.05, 0) is 74.3 Å². The van der Waals surface area contributed by atoms with Gasteiger partial charge in [-0.2, -0.15) is 0 Å². The highest BCUT2D eigenvalue weighted by Crippen LogP contribution is 2.78. The summed E-state index contributed by atoms with van der Waals surface area (Å²) in [4.78, 5) is 24.0. The number of aliphatic hydroxyl groups excluding tert-OH is 1. The molecule has 1 saturated heterocycles. The molecule has 5 aliphatic rings. The molecule has 1 aromatic rings. The van der Waals surface area contributed by atoms with Crippen molar-refractivity contribution in [3.63, 3.8) is 0 Å². The van der Waals surface area contributed by atoms with Crippen molar-refractivity contribution in [3.05, 3.63) is 34.4 Å². The Bertz CT molecular complexity index is 937. The van der Waals surface area contributed by atoms with Gasteiger partial charge in [0.15, 0.2) is 0 Å². The molecule has 0 unspecified atom stereocenters. The van der Waals surface area contributed by atoms with E-state index in [2.05, 4.69) is 6.92 Å². The van der Waals surface area contributed by atoms with Crippen LogP contribution in [0.3, 0.4) is 0 Å². The van der Waals surface area contributed by atoms with Crippen LogP contribution in [0.25, 0.3) is 0 Å². The summed E-state index contributed by atoms with van der Waals surface area (Å²) in [6, 6.07) is 3.39. The summed E-state index contributed by atoms with van der Waals surface area (Å²) < 4.78 is 11.7. The van der Waals surface area contributed by atoms with Gasteiger partial charge in [0.25, 0.3) is 0 Å². The molecule has 1 spiro atoms. The molecular weight excluding hydrogens is 384 g/mol. The predicted octanol–water partition coefficient (Wildman–Crippen LogP) is 2.55. The fourth-order valence-corrected chi connectivity index (χ4v) is 8.69. The first kappa shape index (κ1) is 19.2. The van der Waals surface area contributed by atoms with Crippen LogP contribution < -0.4 is 5.63 Å². The molecule has 2 N–H and O–H groups in total. The molecule has 6 heteroatoms. The summed E-state index contributed by atoms with van der Waals surface area (Å²) in [5.74, 6) is 0.595. The van der Waals surface area contributed by atoms with E-state index in [1.165, 1.54) is 6.07 Å². The molecular formula is C24H30O6. The number of carbonyl (C=O) groups is 1. The van der Waals surface area contributed by atoms with E-state index in [-0.39, 0.29) is 40.5 Å². The van der Waals surface area contributed by atoms with Crippen molar-refractivity contribution in [1.29, 1.82) is 0 Å². The highest BCUT2D eigenvalue weighted by molar-refractivity contribution is 5.64. The van der Waals surface area contributed by atoms with Crippen molar-refractivity contribution in [2.24, 2.45) is 22.7 Å². The van der Waals surface area contributed by atoms with Crippen molar-refractivity contribution in [1.82, 2.24) is 0 Å². The monoisotopic (exact) mass is 414 g/mol. The number of hydrogen-bond donors (Lipinski definition) is 2. The van der Waals surface area contributed by atoms with E-state index in [0.29, 0.717) is 25.7 Å². The summed E-state index contributed by atoms with van der Waals surface area (Å²) in [5, 5.41) is 21.8. The SMILES string of the molecule is C[C@]12CC[C@H]3[C@@H](CC[C@]4(O)C[C@@H](O)CC[C@]34C=O)[C@]13O[C@@H]3C[C@@H]2c1ccc(=O)oc1. The second-order valence-corrected chi connectivity index (χ2v) is 10.9. The summed E-state index contributed by atoms with van der Waals surface area (Å²) in [5.41, 5.74) is -1.50. The Kier molecular flexibility index (Phi) is 3.74. The lowest BCUT2D eigenvalue weighted by Gasteiger charge is -2.62. The van der Waals surface area contributed by atoms with Crippen molar-refractivity contribution in [3.8, 4) is 0 Å². The average molecular weight is 414 g/mol. The maximum atomic E-state index is 12.6. The maximum absolute atomic E-state index is 12.6. The fourth-order valence-electron chi connectivity index (χ4n) is 8.69. The Morgan fingerprint density at radius 2 is 1.93 bits per heavy atom. The second kappa shape index (κ2) is 5.84. The van der Waals surface area contributed by atoms with Gasteiger partial charge in [-0.25, -0.2) is 4.79 Å². The van der Waals surface area contributed by atoms with E-state index in [0.717, 1.165) is 37.5 Å². The van der Waals surface area contributed by atoms with E-state index in [9.17, 15) is 19.8 Å². The van der Waals surface area contributed by atoms with Gasteiger partial charge in [-0.15, -0.1) is 0 Å². The maximum Gasteiger partial charge on any atom is 0.335 e. The minimum atomic E-state index is -1.11. The van der Waals surface area contributed by atoms with Gasteiger partial charge in [-0.1, -0.05) is 6.92 Å². The molecule has 30 heavy (non-hydrogen) atoms. The summed E-state index contributed by atoms with van der Waals surface area (Å²) in [7, 11) is 0. The Morgan fingerprint density at radius 3 is 2.67 bits per heavy atom. The molecule has 6 nitrogen and oxygen atoms in total. The number of hydrogen-bond acceptors (Lipinski definition) is 6. The van der Waals surface area contributed by atoms with Gasteiger partial charge < -0.3 is 24.2 Å². The molecule has 4 saturated carbocycles. The molecule has 5 fully saturated rings. The number of aldehydes is 1. The highest BCUT2D eigenvalue weighted by Gasteiger charge is 2.81. The molecule has 0 radical (unpaired) electrons. The van der Waals surface area contributed by atoms with E-state index < -0.39 is 17.1 Å². The summed E-state index contributed by atoms with van der Waals surface area (Å²) in [6.07, 6.45) is 7.78. The van der Waals surface area contributed by atoms with Crippen molar-refractivity contribution in [2.75, 3.05) is 0 Å². The van der Waals surface area contributed by atoms with E-state index in [1.807, 2.05) is 6.07 Å². The van der Waals surface area contributed by atoms with Crippen LogP contribution in [0.4, 0.5) is 0 Å². The van der Waals surface area contributed by atoms with Crippen LogP contribution >= 0.6 is 0 Å². The number of carbonyl (C=O) groups excluding carboxylic acids is 1. The lowest BCUT2D eigenvalue weighted by atomic mass is 9.42. The van der Waals surface area contributed by atoms with Crippen LogP contribution in [0.15, 0.2) is 27.6 Å². The third-order valence-electron chi connectivity index (χ3n) is 10.1. The molecule has 6 rings (SSSR count). The Balaban J connectivity index is 1.39. The van der Waals surface area contributed by atoms with Crippen LogP contribution in [0, 0.1) is 22.7 Å². The minimum absolute atomic E-state index is 0.0769. The van der Waals surface area contributed by atoms with Gasteiger partial charge in [-0.3, -0.25) is 0 Å². The third-order valence-corrected chi connectivity index (χ3v) is 10.1. The standard InChI is InChI=1S/C24H30O6/c1-21-7-5-16-17(6-9-23(28)11-15(26)4-8-22(16,23)13-25)24(21)19(30-24)10-18(21)14-2-3-20(27)29-12-14/h2-3,12-13,15-19,26,28H,4-11H2,1H3/t15-,16-,17+,18+,19+,21+,22-,23-,24+/m0/s1. The first-order chi connectivity index (χ1) is 14.3. The minimum Gasteiger partial charge on any atom is -0.431 e. The topological polar surface area (TPSA) is 100 Å². The first-order valence-electron chi connectivity index (χ1n) is 11.4. The first-order valence-corrected chi connectivity index (χ1v) is 11.4. The lowest BCUT2D eigenvalue weighted by Crippen LogP contribution is -2.66. The van der Waals surface area contributed by atoms with Gasteiger partial charge in [0, 0.05) is 17.9 Å². The molecule has 9 atom stereocenters. The van der Waals surface area contributed by atoms with E-state index in [1.54, 1.807) is 6.26 Å². The smallest absolute Gasteiger partial charge is 0.335 e. The van der Waals surface area contributed by atoms with Gasteiger partial charge in [0.2, 0.25) is 0 Å². The lowest BCUT2D eigenvalue weighted by molar-refractivity contribution is -0.218. The van der Waals surface area contributed by atoms with Gasteiger partial charge >= 0.3 is 5.63 Å². The molecule has 2 heterocycles. The third kappa shape index (κ3) is 2.06.